The average Bonchev–Trinajstić information content (AvgIpc) is 2.67. The van der Waals surface area contributed by atoms with Crippen molar-refractivity contribution >= 4 is 0 Å². The van der Waals surface area contributed by atoms with Crippen molar-refractivity contribution in [3.8, 4) is 0 Å². The molecule has 4 heteroatoms. The van der Waals surface area contributed by atoms with Gasteiger partial charge in [0, 0.05) is 37.9 Å². The molecule has 16 heavy (non-hydrogen) atoms. The average molecular weight is 222 g/mol. The summed E-state index contributed by atoms with van der Waals surface area (Å²) in [6, 6.07) is 0.545. The van der Waals surface area contributed by atoms with Gasteiger partial charge in [-0.1, -0.05) is 6.92 Å². The fourth-order valence-corrected chi connectivity index (χ4v) is 2.54. The van der Waals surface area contributed by atoms with E-state index >= 15 is 0 Å². The highest BCUT2D eigenvalue weighted by atomic mass is 15.2. The highest BCUT2D eigenvalue weighted by Gasteiger charge is 2.25. The molecule has 2 unspecified atom stereocenters. The molecule has 2 rings (SSSR count). The summed E-state index contributed by atoms with van der Waals surface area (Å²) in [6.45, 7) is 5.25. The second kappa shape index (κ2) is 4.97. The fraction of sp³-hybridized carbons (Fsp3) is 0.750. The molecule has 1 saturated heterocycles. The summed E-state index contributed by atoms with van der Waals surface area (Å²) < 4.78 is 1.86. The predicted molar refractivity (Wildman–Crippen MR) is 64.9 cm³/mol. The van der Waals surface area contributed by atoms with E-state index in [0.717, 1.165) is 25.6 Å². The SMILES string of the molecule is CC1CCN(Cc2cnn(C)c2)C(CN)C1. The highest BCUT2D eigenvalue weighted by molar-refractivity contribution is 5.04. The second-order valence-corrected chi connectivity index (χ2v) is 5.01. The highest BCUT2D eigenvalue weighted by Crippen LogP contribution is 2.23. The van der Waals surface area contributed by atoms with E-state index in [1.165, 1.54) is 18.4 Å². The molecule has 2 N–H and O–H groups in total. The van der Waals surface area contributed by atoms with Crippen LogP contribution in [0, 0.1) is 5.92 Å². The van der Waals surface area contributed by atoms with Gasteiger partial charge in [-0.25, -0.2) is 0 Å². The fourth-order valence-electron chi connectivity index (χ4n) is 2.54. The number of aryl methyl sites for hydroxylation is 1. The Morgan fingerprint density at radius 2 is 2.38 bits per heavy atom. The number of hydrogen-bond acceptors (Lipinski definition) is 3. The van der Waals surface area contributed by atoms with Gasteiger partial charge in [0.15, 0.2) is 0 Å². The second-order valence-electron chi connectivity index (χ2n) is 5.01. The molecule has 0 spiro atoms. The summed E-state index contributed by atoms with van der Waals surface area (Å²) in [7, 11) is 1.96. The van der Waals surface area contributed by atoms with Gasteiger partial charge in [0.25, 0.3) is 0 Å². The first-order valence-corrected chi connectivity index (χ1v) is 6.10. The van der Waals surface area contributed by atoms with Crippen LogP contribution in [0.4, 0.5) is 0 Å². The van der Waals surface area contributed by atoms with E-state index in [2.05, 4.69) is 23.1 Å². The van der Waals surface area contributed by atoms with Crippen LogP contribution < -0.4 is 5.73 Å². The van der Waals surface area contributed by atoms with E-state index in [9.17, 15) is 0 Å². The van der Waals surface area contributed by atoms with Crippen LogP contribution in [0.3, 0.4) is 0 Å². The number of rotatable bonds is 3. The van der Waals surface area contributed by atoms with Crippen LogP contribution in [-0.2, 0) is 13.6 Å². The summed E-state index contributed by atoms with van der Waals surface area (Å²) in [5, 5.41) is 4.21. The van der Waals surface area contributed by atoms with Crippen molar-refractivity contribution in [3.05, 3.63) is 18.0 Å². The van der Waals surface area contributed by atoms with E-state index in [1.807, 2.05) is 17.9 Å². The third kappa shape index (κ3) is 2.62. The van der Waals surface area contributed by atoms with Crippen LogP contribution in [0.5, 0.6) is 0 Å². The number of likely N-dealkylation sites (tertiary alicyclic amines) is 1. The summed E-state index contributed by atoms with van der Waals surface area (Å²) in [5.74, 6) is 0.818. The first-order valence-electron chi connectivity index (χ1n) is 6.10. The molecule has 2 atom stereocenters. The molecule has 90 valence electrons. The molecule has 1 aliphatic heterocycles. The standard InChI is InChI=1S/C12H22N4/c1-10-3-4-16(12(5-10)6-13)9-11-7-14-15(2)8-11/h7-8,10,12H,3-6,9,13H2,1-2H3. The van der Waals surface area contributed by atoms with Gasteiger partial charge < -0.3 is 5.73 Å². The van der Waals surface area contributed by atoms with Crippen molar-refractivity contribution in [2.75, 3.05) is 13.1 Å². The molecule has 1 aromatic heterocycles. The Morgan fingerprint density at radius 1 is 1.56 bits per heavy atom. The van der Waals surface area contributed by atoms with E-state index in [-0.39, 0.29) is 0 Å². The van der Waals surface area contributed by atoms with Crippen LogP contribution in [-0.4, -0.2) is 33.8 Å². The van der Waals surface area contributed by atoms with Crippen molar-refractivity contribution < 1.29 is 0 Å². The van der Waals surface area contributed by atoms with Gasteiger partial charge >= 0.3 is 0 Å². The maximum Gasteiger partial charge on any atom is 0.0534 e. The van der Waals surface area contributed by atoms with Gasteiger partial charge in [0.2, 0.25) is 0 Å². The first-order chi connectivity index (χ1) is 7.69. The molecule has 0 amide bonds. The van der Waals surface area contributed by atoms with E-state index < -0.39 is 0 Å². The minimum atomic E-state index is 0.545. The molecule has 0 radical (unpaired) electrons. The number of nitrogens with two attached hydrogens (primary N) is 1. The smallest absolute Gasteiger partial charge is 0.0534 e. The quantitative estimate of drug-likeness (QED) is 0.829. The molecular weight excluding hydrogens is 200 g/mol. The largest absolute Gasteiger partial charge is 0.329 e. The zero-order chi connectivity index (χ0) is 11.5. The Balaban J connectivity index is 1.97. The molecule has 1 aromatic rings. The summed E-state index contributed by atoms with van der Waals surface area (Å²) >= 11 is 0. The van der Waals surface area contributed by atoms with E-state index in [4.69, 9.17) is 5.73 Å². The zero-order valence-corrected chi connectivity index (χ0v) is 10.3. The third-order valence-corrected chi connectivity index (χ3v) is 3.52. The Kier molecular flexibility index (Phi) is 3.61. The lowest BCUT2D eigenvalue weighted by molar-refractivity contribution is 0.115. The van der Waals surface area contributed by atoms with Crippen LogP contribution in [0.2, 0.25) is 0 Å². The van der Waals surface area contributed by atoms with Gasteiger partial charge in [-0.05, 0) is 25.3 Å². The number of hydrogen-bond donors (Lipinski definition) is 1. The van der Waals surface area contributed by atoms with Crippen molar-refractivity contribution in [3.63, 3.8) is 0 Å². The Bertz CT molecular complexity index is 334. The van der Waals surface area contributed by atoms with Crippen LogP contribution >= 0.6 is 0 Å². The van der Waals surface area contributed by atoms with Crippen molar-refractivity contribution in [1.82, 2.24) is 14.7 Å². The maximum absolute atomic E-state index is 5.85. The number of nitrogens with zero attached hydrogens (tertiary/aromatic N) is 3. The normalized spacial score (nSPS) is 27.2. The molecular formula is C12H22N4. The summed E-state index contributed by atoms with van der Waals surface area (Å²) in [5.41, 5.74) is 7.14. The van der Waals surface area contributed by atoms with Crippen molar-refractivity contribution in [1.29, 1.82) is 0 Å². The minimum absolute atomic E-state index is 0.545. The maximum atomic E-state index is 5.85. The topological polar surface area (TPSA) is 47.1 Å². The predicted octanol–water partition coefficient (Wildman–Crippen LogP) is 0.979. The lowest BCUT2D eigenvalue weighted by atomic mass is 9.92. The molecule has 4 nitrogen and oxygen atoms in total. The van der Waals surface area contributed by atoms with E-state index in [1.54, 1.807) is 0 Å². The van der Waals surface area contributed by atoms with Gasteiger partial charge in [-0.2, -0.15) is 5.10 Å². The summed E-state index contributed by atoms with van der Waals surface area (Å²) in [6.07, 6.45) is 6.56. The molecule has 1 aliphatic rings. The Hall–Kier alpha value is -0.870. The lowest BCUT2D eigenvalue weighted by Crippen LogP contribution is -2.45. The van der Waals surface area contributed by atoms with Crippen LogP contribution in [0.15, 0.2) is 12.4 Å². The monoisotopic (exact) mass is 222 g/mol. The number of aromatic nitrogens is 2. The zero-order valence-electron chi connectivity index (χ0n) is 10.3. The van der Waals surface area contributed by atoms with E-state index in [0.29, 0.717) is 6.04 Å². The molecule has 0 aliphatic carbocycles. The molecule has 0 bridgehead atoms. The Morgan fingerprint density at radius 3 is 3.00 bits per heavy atom. The first kappa shape index (κ1) is 11.6. The molecule has 2 heterocycles. The van der Waals surface area contributed by atoms with Gasteiger partial charge in [0.05, 0.1) is 6.20 Å². The van der Waals surface area contributed by atoms with Crippen molar-refractivity contribution in [2.24, 2.45) is 18.7 Å². The third-order valence-electron chi connectivity index (χ3n) is 3.52. The molecule has 1 fully saturated rings. The van der Waals surface area contributed by atoms with Crippen LogP contribution in [0.1, 0.15) is 25.3 Å². The van der Waals surface area contributed by atoms with Crippen molar-refractivity contribution in [2.45, 2.75) is 32.4 Å². The summed E-state index contributed by atoms with van der Waals surface area (Å²) in [4.78, 5) is 2.50. The molecule has 0 saturated carbocycles. The van der Waals surface area contributed by atoms with Gasteiger partial charge in [-0.15, -0.1) is 0 Å². The lowest BCUT2D eigenvalue weighted by Gasteiger charge is -2.37. The number of piperidine rings is 1. The minimum Gasteiger partial charge on any atom is -0.329 e. The Labute approximate surface area is 97.4 Å². The molecule has 0 aromatic carbocycles. The van der Waals surface area contributed by atoms with Gasteiger partial charge in [0.1, 0.15) is 0 Å². The van der Waals surface area contributed by atoms with Gasteiger partial charge in [-0.3, -0.25) is 9.58 Å². The van der Waals surface area contributed by atoms with Crippen LogP contribution in [0.25, 0.3) is 0 Å².